The molecule has 48 heavy (non-hydrogen) atoms. The predicted molar refractivity (Wildman–Crippen MR) is 193 cm³/mol. The summed E-state index contributed by atoms with van der Waals surface area (Å²) in [6, 6.07) is 47.9. The minimum Gasteiger partial charge on any atom is -0.455 e. The van der Waals surface area contributed by atoms with Crippen LogP contribution in [0, 0.1) is 0 Å². The standard InChI is InChI=1S/C43H23N3O2/c1-2-10-25(11-3-1)41-44-42(46-43(45-41)33-19-8-16-29-26-14-4-5-20-34(26)47-39(29)33)32-18-9-21-35-37(32)31-23-22-28-27-15-6-12-24-13-7-17-30(36(24)27)38(28)40(31)48-35/h1-23H. The van der Waals surface area contributed by atoms with E-state index in [4.69, 9.17) is 23.8 Å². The van der Waals surface area contributed by atoms with Crippen LogP contribution in [0.2, 0.25) is 0 Å². The van der Waals surface area contributed by atoms with Gasteiger partial charge in [-0.05, 0) is 51.7 Å². The van der Waals surface area contributed by atoms with Crippen LogP contribution >= 0.6 is 0 Å². The summed E-state index contributed by atoms with van der Waals surface area (Å²) in [5.41, 5.74) is 10.7. The fraction of sp³-hybridized carbons (Fsp3) is 0. The van der Waals surface area contributed by atoms with Crippen molar-refractivity contribution in [3.8, 4) is 56.4 Å². The van der Waals surface area contributed by atoms with Crippen LogP contribution in [-0.4, -0.2) is 15.0 Å². The van der Waals surface area contributed by atoms with Gasteiger partial charge in [0, 0.05) is 38.2 Å². The van der Waals surface area contributed by atoms with E-state index < -0.39 is 0 Å². The third kappa shape index (κ3) is 3.47. The van der Waals surface area contributed by atoms with Gasteiger partial charge >= 0.3 is 0 Å². The van der Waals surface area contributed by atoms with E-state index in [-0.39, 0.29) is 0 Å². The van der Waals surface area contributed by atoms with Gasteiger partial charge in [0.1, 0.15) is 22.3 Å². The number of nitrogens with zero attached hydrogens (tertiary/aromatic N) is 3. The molecule has 5 heteroatoms. The number of para-hydroxylation sites is 2. The maximum absolute atomic E-state index is 6.75. The molecule has 3 heterocycles. The van der Waals surface area contributed by atoms with Gasteiger partial charge in [-0.15, -0.1) is 0 Å². The first-order valence-corrected chi connectivity index (χ1v) is 16.0. The van der Waals surface area contributed by atoms with Gasteiger partial charge in [0.25, 0.3) is 0 Å². The topological polar surface area (TPSA) is 65.0 Å². The van der Waals surface area contributed by atoms with E-state index in [1.807, 2.05) is 72.8 Å². The summed E-state index contributed by atoms with van der Waals surface area (Å²) in [6.07, 6.45) is 0. The van der Waals surface area contributed by atoms with E-state index in [0.717, 1.165) is 66.1 Å². The molecule has 0 N–H and O–H groups in total. The Morgan fingerprint density at radius 1 is 0.354 bits per heavy atom. The number of hydrogen-bond donors (Lipinski definition) is 0. The molecule has 11 rings (SSSR count). The molecule has 0 bridgehead atoms. The number of fused-ring (bicyclic) bond motifs is 10. The van der Waals surface area contributed by atoms with E-state index in [1.54, 1.807) is 0 Å². The molecule has 7 aromatic carbocycles. The van der Waals surface area contributed by atoms with Gasteiger partial charge in [-0.3, -0.25) is 0 Å². The lowest BCUT2D eigenvalue weighted by Gasteiger charge is -2.09. The smallest absolute Gasteiger partial charge is 0.167 e. The SMILES string of the molecule is c1ccc(-c2nc(-c3cccc4c3oc3ccccc34)nc(-c3cccc4oc5c6c(ccc5c34)-c3cccc4cccc-6c34)n2)cc1. The van der Waals surface area contributed by atoms with Gasteiger partial charge < -0.3 is 8.83 Å². The molecule has 0 amide bonds. The summed E-state index contributed by atoms with van der Waals surface area (Å²) in [4.78, 5) is 15.3. The van der Waals surface area contributed by atoms with Gasteiger partial charge in [-0.2, -0.15) is 0 Å². The number of rotatable bonds is 3. The molecule has 0 radical (unpaired) electrons. The highest BCUT2D eigenvalue weighted by atomic mass is 16.3. The number of hydrogen-bond acceptors (Lipinski definition) is 5. The molecule has 0 aliphatic heterocycles. The summed E-state index contributed by atoms with van der Waals surface area (Å²) in [7, 11) is 0. The largest absolute Gasteiger partial charge is 0.455 e. The Balaban J connectivity index is 1.19. The predicted octanol–water partition coefficient (Wildman–Crippen LogP) is 11.5. The van der Waals surface area contributed by atoms with Crippen molar-refractivity contribution in [1.29, 1.82) is 0 Å². The summed E-state index contributed by atoms with van der Waals surface area (Å²) >= 11 is 0. The summed E-state index contributed by atoms with van der Waals surface area (Å²) in [5, 5.41) is 6.61. The van der Waals surface area contributed by atoms with E-state index >= 15 is 0 Å². The molecule has 5 nitrogen and oxygen atoms in total. The Morgan fingerprint density at radius 2 is 1.00 bits per heavy atom. The molecule has 0 unspecified atom stereocenters. The zero-order chi connectivity index (χ0) is 31.3. The molecule has 0 atom stereocenters. The van der Waals surface area contributed by atoms with Crippen molar-refractivity contribution in [2.24, 2.45) is 0 Å². The lowest BCUT2D eigenvalue weighted by molar-refractivity contribution is 0.669. The third-order valence-corrected chi connectivity index (χ3v) is 9.68. The van der Waals surface area contributed by atoms with Gasteiger partial charge in [0.15, 0.2) is 17.5 Å². The maximum Gasteiger partial charge on any atom is 0.167 e. The Morgan fingerprint density at radius 3 is 1.90 bits per heavy atom. The summed E-state index contributed by atoms with van der Waals surface area (Å²) < 4.78 is 13.2. The zero-order valence-corrected chi connectivity index (χ0v) is 25.4. The van der Waals surface area contributed by atoms with Crippen molar-refractivity contribution in [3.63, 3.8) is 0 Å². The second-order valence-electron chi connectivity index (χ2n) is 12.3. The highest BCUT2D eigenvalue weighted by molar-refractivity contribution is 6.24. The average molecular weight is 614 g/mol. The second-order valence-corrected chi connectivity index (χ2v) is 12.3. The molecule has 1 aliphatic rings. The van der Waals surface area contributed by atoms with Crippen LogP contribution in [0.5, 0.6) is 0 Å². The average Bonchev–Trinajstić information content (AvgIpc) is 3.83. The van der Waals surface area contributed by atoms with Gasteiger partial charge in [-0.25, -0.2) is 15.0 Å². The minimum absolute atomic E-state index is 0.552. The van der Waals surface area contributed by atoms with Crippen LogP contribution in [0.25, 0.3) is 111 Å². The van der Waals surface area contributed by atoms with Crippen LogP contribution in [0.15, 0.2) is 148 Å². The van der Waals surface area contributed by atoms with Gasteiger partial charge in [0.2, 0.25) is 0 Å². The molecule has 222 valence electrons. The Bertz CT molecular complexity index is 2950. The fourth-order valence-corrected chi connectivity index (χ4v) is 7.60. The van der Waals surface area contributed by atoms with E-state index in [0.29, 0.717) is 17.5 Å². The lowest BCUT2D eigenvalue weighted by Crippen LogP contribution is -2.00. The Kier molecular flexibility index (Phi) is 5.05. The van der Waals surface area contributed by atoms with E-state index in [1.165, 1.54) is 27.5 Å². The lowest BCUT2D eigenvalue weighted by atomic mass is 9.99. The molecule has 3 aromatic heterocycles. The van der Waals surface area contributed by atoms with Gasteiger partial charge in [-0.1, -0.05) is 115 Å². The third-order valence-electron chi connectivity index (χ3n) is 9.68. The summed E-state index contributed by atoms with van der Waals surface area (Å²) in [5.74, 6) is 1.72. The van der Waals surface area contributed by atoms with Crippen molar-refractivity contribution in [2.45, 2.75) is 0 Å². The molecule has 10 aromatic rings. The van der Waals surface area contributed by atoms with Gasteiger partial charge in [0.05, 0.1) is 5.56 Å². The minimum atomic E-state index is 0.552. The van der Waals surface area contributed by atoms with E-state index in [9.17, 15) is 0 Å². The maximum atomic E-state index is 6.75. The molecule has 0 spiro atoms. The quantitative estimate of drug-likeness (QED) is 0.198. The first kappa shape index (κ1) is 25.6. The summed E-state index contributed by atoms with van der Waals surface area (Å²) in [6.45, 7) is 0. The molecule has 0 saturated carbocycles. The molecule has 1 aliphatic carbocycles. The van der Waals surface area contributed by atoms with Crippen LogP contribution < -0.4 is 0 Å². The monoisotopic (exact) mass is 613 g/mol. The molecular formula is C43H23N3O2. The van der Waals surface area contributed by atoms with Crippen molar-refractivity contribution in [1.82, 2.24) is 15.0 Å². The number of aromatic nitrogens is 3. The first-order valence-electron chi connectivity index (χ1n) is 16.0. The first-order chi connectivity index (χ1) is 23.8. The molecule has 0 saturated heterocycles. The normalized spacial score (nSPS) is 12.2. The van der Waals surface area contributed by atoms with Crippen molar-refractivity contribution in [2.75, 3.05) is 0 Å². The van der Waals surface area contributed by atoms with Crippen LogP contribution in [0.4, 0.5) is 0 Å². The highest BCUT2D eigenvalue weighted by Crippen LogP contribution is 2.52. The van der Waals surface area contributed by atoms with Crippen molar-refractivity contribution < 1.29 is 8.83 Å². The Hall–Kier alpha value is -6.59. The zero-order valence-electron chi connectivity index (χ0n) is 25.4. The highest BCUT2D eigenvalue weighted by Gasteiger charge is 2.27. The molecule has 0 fully saturated rings. The number of benzene rings is 7. The van der Waals surface area contributed by atoms with Crippen LogP contribution in [0.1, 0.15) is 0 Å². The number of furan rings is 2. The van der Waals surface area contributed by atoms with Crippen LogP contribution in [-0.2, 0) is 0 Å². The Labute approximate surface area is 273 Å². The van der Waals surface area contributed by atoms with Crippen LogP contribution in [0.3, 0.4) is 0 Å². The second kappa shape index (κ2) is 9.47. The molecular weight excluding hydrogens is 590 g/mol. The van der Waals surface area contributed by atoms with E-state index in [2.05, 4.69) is 66.7 Å². The van der Waals surface area contributed by atoms with Crippen molar-refractivity contribution >= 4 is 54.6 Å². The fourth-order valence-electron chi connectivity index (χ4n) is 7.60. The van der Waals surface area contributed by atoms with Crippen molar-refractivity contribution in [3.05, 3.63) is 140 Å².